The Morgan fingerprint density at radius 1 is 1.26 bits per heavy atom. The average Bonchev–Trinajstić information content (AvgIpc) is 2.49. The van der Waals surface area contributed by atoms with Gasteiger partial charge >= 0.3 is 0 Å². The van der Waals surface area contributed by atoms with Gasteiger partial charge in [-0.1, -0.05) is 18.2 Å². The summed E-state index contributed by atoms with van der Waals surface area (Å²) >= 11 is 0. The van der Waals surface area contributed by atoms with E-state index in [1.165, 1.54) is 0 Å². The molecule has 7 heteroatoms. The first kappa shape index (κ1) is 20.1. The van der Waals surface area contributed by atoms with Crippen molar-refractivity contribution in [3.63, 3.8) is 0 Å². The Bertz CT molecular complexity index is 483. The van der Waals surface area contributed by atoms with Gasteiger partial charge in [0.25, 0.3) is 5.92 Å². The van der Waals surface area contributed by atoms with Gasteiger partial charge in [-0.15, -0.1) is 12.4 Å². The number of rotatable bonds is 6. The Balaban J connectivity index is 0.00000264. The first-order chi connectivity index (χ1) is 10.5. The second-order valence-electron chi connectivity index (χ2n) is 5.81. The van der Waals surface area contributed by atoms with Crippen LogP contribution in [0.5, 0.6) is 5.75 Å². The van der Waals surface area contributed by atoms with E-state index in [9.17, 15) is 13.9 Å². The van der Waals surface area contributed by atoms with Gasteiger partial charge in [-0.05, 0) is 19.9 Å². The number of nitrogens with one attached hydrogen (secondary N) is 1. The number of hydrogen-bond acceptors (Lipinski definition) is 4. The molecule has 1 aromatic carbocycles. The van der Waals surface area contributed by atoms with E-state index in [-0.39, 0.29) is 18.5 Å². The maximum atomic E-state index is 14.4. The second kappa shape index (κ2) is 8.78. The SMILES string of the molecule is CC(C)Oc1ccccc1[C@H](N1CCNCC1)C(F)(F)CO.Cl. The van der Waals surface area contributed by atoms with Crippen LogP contribution in [0.3, 0.4) is 0 Å². The van der Waals surface area contributed by atoms with Crippen molar-refractivity contribution in [2.24, 2.45) is 0 Å². The number of aliphatic hydroxyl groups excluding tert-OH is 1. The van der Waals surface area contributed by atoms with Crippen molar-refractivity contribution in [2.45, 2.75) is 31.9 Å². The molecule has 0 amide bonds. The Kier molecular flexibility index (Phi) is 7.67. The fourth-order valence-corrected chi connectivity index (χ4v) is 2.79. The number of ether oxygens (including phenoxy) is 1. The summed E-state index contributed by atoms with van der Waals surface area (Å²) in [5, 5.41) is 12.4. The summed E-state index contributed by atoms with van der Waals surface area (Å²) in [7, 11) is 0. The van der Waals surface area contributed by atoms with Gasteiger partial charge < -0.3 is 15.2 Å². The molecule has 0 unspecified atom stereocenters. The molecular formula is C16H25ClF2N2O2. The fourth-order valence-electron chi connectivity index (χ4n) is 2.79. The minimum absolute atomic E-state index is 0. The molecule has 2 N–H and O–H groups in total. The van der Waals surface area contributed by atoms with Crippen LogP contribution in [-0.2, 0) is 0 Å². The first-order valence-corrected chi connectivity index (χ1v) is 7.64. The monoisotopic (exact) mass is 350 g/mol. The van der Waals surface area contributed by atoms with Crippen molar-refractivity contribution in [3.05, 3.63) is 29.8 Å². The van der Waals surface area contributed by atoms with E-state index in [2.05, 4.69) is 5.32 Å². The number of hydrogen-bond donors (Lipinski definition) is 2. The summed E-state index contributed by atoms with van der Waals surface area (Å²) in [6.07, 6.45) is -0.104. The lowest BCUT2D eigenvalue weighted by Gasteiger charge is -2.39. The third-order valence-corrected chi connectivity index (χ3v) is 3.70. The van der Waals surface area contributed by atoms with Gasteiger partial charge in [-0.3, -0.25) is 4.90 Å². The van der Waals surface area contributed by atoms with Crippen molar-refractivity contribution in [1.82, 2.24) is 10.2 Å². The quantitative estimate of drug-likeness (QED) is 0.827. The van der Waals surface area contributed by atoms with Crippen LogP contribution in [0.4, 0.5) is 8.78 Å². The number of para-hydroxylation sites is 1. The lowest BCUT2D eigenvalue weighted by molar-refractivity contribution is -0.119. The van der Waals surface area contributed by atoms with E-state index in [0.29, 0.717) is 37.5 Å². The van der Waals surface area contributed by atoms with Gasteiger partial charge in [-0.25, -0.2) is 8.78 Å². The molecule has 1 aliphatic heterocycles. The highest BCUT2D eigenvalue weighted by Gasteiger charge is 2.45. The highest BCUT2D eigenvalue weighted by atomic mass is 35.5. The predicted molar refractivity (Wildman–Crippen MR) is 88.7 cm³/mol. The molecule has 0 aliphatic carbocycles. The van der Waals surface area contributed by atoms with Crippen LogP contribution < -0.4 is 10.1 Å². The number of alkyl halides is 2. The summed E-state index contributed by atoms with van der Waals surface area (Å²) < 4.78 is 34.6. The van der Waals surface area contributed by atoms with E-state index in [4.69, 9.17) is 4.74 Å². The second-order valence-corrected chi connectivity index (χ2v) is 5.81. The van der Waals surface area contributed by atoms with Crippen molar-refractivity contribution in [1.29, 1.82) is 0 Å². The Hall–Kier alpha value is -0.950. The van der Waals surface area contributed by atoms with Gasteiger partial charge in [0.2, 0.25) is 0 Å². The molecule has 4 nitrogen and oxygen atoms in total. The molecular weight excluding hydrogens is 326 g/mol. The number of nitrogens with zero attached hydrogens (tertiary/aromatic N) is 1. The van der Waals surface area contributed by atoms with Crippen LogP contribution in [0, 0.1) is 0 Å². The van der Waals surface area contributed by atoms with E-state index in [1.54, 1.807) is 29.2 Å². The molecule has 1 aromatic rings. The van der Waals surface area contributed by atoms with Crippen molar-refractivity contribution in [2.75, 3.05) is 32.8 Å². The maximum absolute atomic E-state index is 14.4. The molecule has 0 spiro atoms. The number of piperazine rings is 1. The fraction of sp³-hybridized carbons (Fsp3) is 0.625. The largest absolute Gasteiger partial charge is 0.491 e. The molecule has 1 heterocycles. The number of halogens is 3. The van der Waals surface area contributed by atoms with Crippen LogP contribution >= 0.6 is 12.4 Å². The predicted octanol–water partition coefficient (Wildman–Crippen LogP) is 2.47. The minimum Gasteiger partial charge on any atom is -0.491 e. The van der Waals surface area contributed by atoms with E-state index in [1.807, 2.05) is 13.8 Å². The zero-order valence-electron chi connectivity index (χ0n) is 13.5. The summed E-state index contributed by atoms with van der Waals surface area (Å²) in [6, 6.07) is 5.68. The third-order valence-electron chi connectivity index (χ3n) is 3.70. The summed E-state index contributed by atoms with van der Waals surface area (Å²) in [5.41, 5.74) is 0.428. The summed E-state index contributed by atoms with van der Waals surface area (Å²) in [5.74, 6) is -2.78. The first-order valence-electron chi connectivity index (χ1n) is 7.64. The van der Waals surface area contributed by atoms with E-state index in [0.717, 1.165) is 0 Å². The van der Waals surface area contributed by atoms with Crippen LogP contribution in [0.1, 0.15) is 25.5 Å². The van der Waals surface area contributed by atoms with Crippen molar-refractivity contribution < 1.29 is 18.6 Å². The van der Waals surface area contributed by atoms with E-state index >= 15 is 0 Å². The number of aliphatic hydroxyl groups is 1. The molecule has 2 rings (SSSR count). The highest BCUT2D eigenvalue weighted by molar-refractivity contribution is 5.85. The van der Waals surface area contributed by atoms with Crippen LogP contribution in [0.15, 0.2) is 24.3 Å². The molecule has 23 heavy (non-hydrogen) atoms. The van der Waals surface area contributed by atoms with Gasteiger partial charge in [-0.2, -0.15) is 0 Å². The highest BCUT2D eigenvalue weighted by Crippen LogP contribution is 2.40. The molecule has 0 saturated carbocycles. The minimum atomic E-state index is -3.23. The zero-order valence-corrected chi connectivity index (χ0v) is 14.3. The molecule has 1 aliphatic rings. The summed E-state index contributed by atoms with van der Waals surface area (Å²) in [4.78, 5) is 1.72. The molecule has 132 valence electrons. The smallest absolute Gasteiger partial charge is 0.290 e. The third kappa shape index (κ3) is 5.01. The van der Waals surface area contributed by atoms with Gasteiger partial charge in [0.05, 0.1) is 6.10 Å². The Morgan fingerprint density at radius 3 is 2.43 bits per heavy atom. The molecule has 1 saturated heterocycles. The number of benzene rings is 1. The standard InChI is InChI=1S/C16H24F2N2O2.ClH/c1-12(2)22-14-6-4-3-5-13(14)15(16(17,18)11-21)20-9-7-19-8-10-20;/h3-6,12,15,19,21H,7-11H2,1-2H3;1H/t15-;/m0./s1. The molecule has 1 fully saturated rings. The van der Waals surface area contributed by atoms with E-state index < -0.39 is 18.6 Å². The lowest BCUT2D eigenvalue weighted by atomic mass is 9.97. The van der Waals surface area contributed by atoms with Crippen LogP contribution in [-0.4, -0.2) is 54.8 Å². The molecule has 0 aromatic heterocycles. The normalized spacial score (nSPS) is 17.7. The Labute approximate surface area is 142 Å². The molecule has 1 atom stereocenters. The average molecular weight is 351 g/mol. The molecule has 0 radical (unpaired) electrons. The van der Waals surface area contributed by atoms with Crippen LogP contribution in [0.25, 0.3) is 0 Å². The van der Waals surface area contributed by atoms with Gasteiger partial charge in [0.1, 0.15) is 18.4 Å². The van der Waals surface area contributed by atoms with Crippen LogP contribution in [0.2, 0.25) is 0 Å². The van der Waals surface area contributed by atoms with Gasteiger partial charge in [0, 0.05) is 31.7 Å². The maximum Gasteiger partial charge on any atom is 0.290 e. The van der Waals surface area contributed by atoms with Crippen molar-refractivity contribution in [3.8, 4) is 5.75 Å². The van der Waals surface area contributed by atoms with Crippen molar-refractivity contribution >= 4 is 12.4 Å². The topological polar surface area (TPSA) is 44.7 Å². The van der Waals surface area contributed by atoms with Gasteiger partial charge in [0.15, 0.2) is 0 Å². The lowest BCUT2D eigenvalue weighted by Crippen LogP contribution is -2.51. The molecule has 0 bridgehead atoms. The summed E-state index contributed by atoms with van der Waals surface area (Å²) in [6.45, 7) is 4.88. The Morgan fingerprint density at radius 2 is 1.87 bits per heavy atom. The zero-order chi connectivity index (χ0) is 16.2.